The van der Waals surface area contributed by atoms with Gasteiger partial charge in [-0.2, -0.15) is 0 Å². The molecule has 0 aliphatic heterocycles. The van der Waals surface area contributed by atoms with Crippen molar-refractivity contribution in [3.8, 4) is 12.3 Å². The third-order valence-corrected chi connectivity index (χ3v) is 5.41. The molecule has 0 saturated carbocycles. The quantitative estimate of drug-likeness (QED) is 0.662. The highest BCUT2D eigenvalue weighted by molar-refractivity contribution is 6.88. The third kappa shape index (κ3) is 3.75. The Balaban J connectivity index is 2.02. The minimum Gasteiger partial charge on any atom is -0.381 e. The van der Waals surface area contributed by atoms with E-state index in [9.17, 15) is 0 Å². The minimum absolute atomic E-state index is 0.819. The van der Waals surface area contributed by atoms with Crippen LogP contribution in [0.15, 0.2) is 48.5 Å². The number of benzene rings is 2. The van der Waals surface area contributed by atoms with E-state index in [2.05, 4.69) is 55.1 Å². The molecular formula is C18H21NSi. The Hall–Kier alpha value is -1.98. The lowest BCUT2D eigenvalue weighted by Gasteiger charge is -2.17. The van der Waals surface area contributed by atoms with Crippen LogP contribution in [0.3, 0.4) is 0 Å². The van der Waals surface area contributed by atoms with Crippen molar-refractivity contribution in [3.05, 3.63) is 59.7 Å². The highest BCUT2D eigenvalue weighted by Gasteiger charge is 2.15. The zero-order valence-corrected chi connectivity index (χ0v) is 13.4. The molecule has 0 aliphatic carbocycles. The predicted octanol–water partition coefficient (Wildman–Crippen LogP) is 3.83. The van der Waals surface area contributed by atoms with Gasteiger partial charge in [-0.25, -0.2) is 0 Å². The molecule has 0 saturated heterocycles. The lowest BCUT2D eigenvalue weighted by molar-refractivity contribution is 1.15. The lowest BCUT2D eigenvalue weighted by Crippen LogP contribution is -2.37. The fraction of sp³-hybridized carbons (Fsp3) is 0.222. The molecule has 2 rings (SSSR count). The molecule has 2 aromatic carbocycles. The molecule has 1 nitrogen and oxygen atoms in total. The summed E-state index contributed by atoms with van der Waals surface area (Å²) in [5, 5.41) is 4.91. The third-order valence-electron chi connectivity index (χ3n) is 3.35. The predicted molar refractivity (Wildman–Crippen MR) is 91.1 cm³/mol. The second-order valence-corrected chi connectivity index (χ2v) is 11.1. The van der Waals surface area contributed by atoms with Crippen LogP contribution < -0.4 is 10.5 Å². The Labute approximate surface area is 123 Å². The fourth-order valence-electron chi connectivity index (χ4n) is 2.05. The molecule has 0 spiro atoms. The van der Waals surface area contributed by atoms with Gasteiger partial charge in [-0.1, -0.05) is 61.1 Å². The van der Waals surface area contributed by atoms with Crippen LogP contribution in [0, 0.1) is 12.3 Å². The molecule has 0 unspecified atom stereocenters. The SMILES string of the molecule is C#Cc1cccc(NCc2ccc([Si](C)(C)C)cc2)c1. The Morgan fingerprint density at radius 3 is 2.35 bits per heavy atom. The molecule has 0 amide bonds. The summed E-state index contributed by atoms with van der Waals surface area (Å²) in [5.41, 5.74) is 3.26. The van der Waals surface area contributed by atoms with E-state index in [0.717, 1.165) is 17.8 Å². The van der Waals surface area contributed by atoms with Gasteiger partial charge in [-0.3, -0.25) is 0 Å². The highest BCUT2D eigenvalue weighted by Crippen LogP contribution is 2.12. The number of anilines is 1. The molecule has 0 aliphatic rings. The molecule has 0 aromatic heterocycles. The van der Waals surface area contributed by atoms with Gasteiger partial charge in [0.1, 0.15) is 0 Å². The van der Waals surface area contributed by atoms with E-state index in [1.54, 1.807) is 0 Å². The summed E-state index contributed by atoms with van der Waals surface area (Å²) in [4.78, 5) is 0. The molecule has 102 valence electrons. The number of rotatable bonds is 4. The van der Waals surface area contributed by atoms with Crippen LogP contribution in [0.1, 0.15) is 11.1 Å². The zero-order chi connectivity index (χ0) is 14.6. The Kier molecular flexibility index (Phi) is 4.31. The summed E-state index contributed by atoms with van der Waals surface area (Å²) in [6.07, 6.45) is 5.41. The van der Waals surface area contributed by atoms with Crippen molar-refractivity contribution in [2.24, 2.45) is 0 Å². The van der Waals surface area contributed by atoms with Crippen molar-refractivity contribution >= 4 is 18.9 Å². The van der Waals surface area contributed by atoms with Gasteiger partial charge >= 0.3 is 0 Å². The monoisotopic (exact) mass is 279 g/mol. The molecule has 0 heterocycles. The van der Waals surface area contributed by atoms with E-state index in [4.69, 9.17) is 6.42 Å². The number of hydrogen-bond donors (Lipinski definition) is 1. The first kappa shape index (κ1) is 14.4. The van der Waals surface area contributed by atoms with Gasteiger partial charge in [0, 0.05) is 17.8 Å². The number of terminal acetylenes is 1. The van der Waals surface area contributed by atoms with E-state index in [1.807, 2.05) is 24.3 Å². The van der Waals surface area contributed by atoms with E-state index in [0.29, 0.717) is 0 Å². The van der Waals surface area contributed by atoms with Crippen LogP contribution in [0.25, 0.3) is 0 Å². The number of hydrogen-bond acceptors (Lipinski definition) is 1. The maximum absolute atomic E-state index is 5.41. The van der Waals surface area contributed by atoms with Gasteiger partial charge < -0.3 is 5.32 Å². The van der Waals surface area contributed by atoms with Crippen molar-refractivity contribution < 1.29 is 0 Å². The van der Waals surface area contributed by atoms with Gasteiger partial charge in [-0.15, -0.1) is 6.42 Å². The molecule has 0 bridgehead atoms. The lowest BCUT2D eigenvalue weighted by atomic mass is 10.2. The standard InChI is InChI=1S/C18H21NSi/c1-5-15-7-6-8-17(13-15)19-14-16-9-11-18(12-10-16)20(2,3)4/h1,6-13,19H,14H2,2-4H3. The van der Waals surface area contributed by atoms with Crippen molar-refractivity contribution in [1.82, 2.24) is 0 Å². The average molecular weight is 279 g/mol. The summed E-state index contributed by atoms with van der Waals surface area (Å²) in [7, 11) is -1.20. The average Bonchev–Trinajstić information content (AvgIpc) is 2.45. The maximum Gasteiger partial charge on any atom is 0.0775 e. The molecule has 0 fully saturated rings. The molecule has 0 radical (unpaired) electrons. The first-order valence-corrected chi connectivity index (χ1v) is 10.4. The van der Waals surface area contributed by atoms with Gasteiger partial charge in [0.05, 0.1) is 8.07 Å². The summed E-state index contributed by atoms with van der Waals surface area (Å²) in [6, 6.07) is 16.9. The molecule has 1 N–H and O–H groups in total. The van der Waals surface area contributed by atoms with Crippen LogP contribution >= 0.6 is 0 Å². The molecule has 2 heteroatoms. The smallest absolute Gasteiger partial charge is 0.0775 e. The van der Waals surface area contributed by atoms with E-state index >= 15 is 0 Å². The fourth-order valence-corrected chi connectivity index (χ4v) is 3.21. The van der Waals surface area contributed by atoms with Crippen LogP contribution in [0.2, 0.25) is 19.6 Å². The van der Waals surface area contributed by atoms with Crippen molar-refractivity contribution in [3.63, 3.8) is 0 Å². The minimum atomic E-state index is -1.20. The molecule has 0 atom stereocenters. The normalized spacial score (nSPS) is 10.9. The van der Waals surface area contributed by atoms with Gasteiger partial charge in [0.15, 0.2) is 0 Å². The summed E-state index contributed by atoms with van der Waals surface area (Å²) in [5.74, 6) is 2.65. The molecular weight excluding hydrogens is 258 g/mol. The van der Waals surface area contributed by atoms with E-state index < -0.39 is 8.07 Å². The van der Waals surface area contributed by atoms with Gasteiger partial charge in [-0.05, 0) is 23.8 Å². The van der Waals surface area contributed by atoms with Crippen LogP contribution in [-0.4, -0.2) is 8.07 Å². The first-order valence-electron chi connectivity index (χ1n) is 6.89. The van der Waals surface area contributed by atoms with E-state index in [1.165, 1.54) is 10.8 Å². The van der Waals surface area contributed by atoms with Crippen molar-refractivity contribution in [2.45, 2.75) is 26.2 Å². The van der Waals surface area contributed by atoms with Crippen LogP contribution in [-0.2, 0) is 6.54 Å². The Morgan fingerprint density at radius 2 is 1.75 bits per heavy atom. The largest absolute Gasteiger partial charge is 0.381 e. The number of nitrogens with one attached hydrogen (secondary N) is 1. The van der Waals surface area contributed by atoms with Crippen LogP contribution in [0.4, 0.5) is 5.69 Å². The van der Waals surface area contributed by atoms with Crippen LogP contribution in [0.5, 0.6) is 0 Å². The van der Waals surface area contributed by atoms with E-state index in [-0.39, 0.29) is 0 Å². The van der Waals surface area contributed by atoms with Gasteiger partial charge in [0.2, 0.25) is 0 Å². The maximum atomic E-state index is 5.41. The molecule has 2 aromatic rings. The second-order valence-electron chi connectivity index (χ2n) is 6.03. The highest BCUT2D eigenvalue weighted by atomic mass is 28.3. The van der Waals surface area contributed by atoms with Crippen molar-refractivity contribution in [1.29, 1.82) is 0 Å². The topological polar surface area (TPSA) is 12.0 Å². The van der Waals surface area contributed by atoms with Crippen molar-refractivity contribution in [2.75, 3.05) is 5.32 Å². The Bertz CT molecular complexity index is 615. The summed E-state index contributed by atoms with van der Waals surface area (Å²) >= 11 is 0. The van der Waals surface area contributed by atoms with Gasteiger partial charge in [0.25, 0.3) is 0 Å². The first-order chi connectivity index (χ1) is 9.49. The summed E-state index contributed by atoms with van der Waals surface area (Å²) < 4.78 is 0. The zero-order valence-electron chi connectivity index (χ0n) is 12.4. The Morgan fingerprint density at radius 1 is 1.05 bits per heavy atom. The summed E-state index contributed by atoms with van der Waals surface area (Å²) in [6.45, 7) is 7.92. The molecule has 20 heavy (non-hydrogen) atoms. The second kappa shape index (κ2) is 5.98.